The second kappa shape index (κ2) is 9.70. The normalized spacial score (nSPS) is 11.4. The predicted octanol–water partition coefficient (Wildman–Crippen LogP) is 6.64. The molecule has 0 unspecified atom stereocenters. The Balaban J connectivity index is 1.97. The van der Waals surface area contributed by atoms with Crippen LogP contribution < -0.4 is 4.74 Å². The van der Waals surface area contributed by atoms with Crippen molar-refractivity contribution in [3.63, 3.8) is 0 Å². The molecule has 0 aromatic heterocycles. The van der Waals surface area contributed by atoms with Gasteiger partial charge in [-0.05, 0) is 43.2 Å². The number of nitriles is 1. The van der Waals surface area contributed by atoms with E-state index in [0.717, 1.165) is 24.3 Å². The van der Waals surface area contributed by atoms with Gasteiger partial charge in [-0.3, -0.25) is 0 Å². The van der Waals surface area contributed by atoms with Gasteiger partial charge in [-0.1, -0.05) is 18.8 Å². The van der Waals surface area contributed by atoms with Crippen molar-refractivity contribution in [3.05, 3.63) is 88.0 Å². The van der Waals surface area contributed by atoms with Crippen LogP contribution in [-0.2, 0) is 0 Å². The number of halogens is 6. The highest BCUT2D eigenvalue weighted by molar-refractivity contribution is 5.67. The van der Waals surface area contributed by atoms with Crippen molar-refractivity contribution in [1.29, 1.82) is 5.26 Å². The molecular formula is C25H15F6NO. The van der Waals surface area contributed by atoms with Gasteiger partial charge in [0.2, 0.25) is 0 Å². The minimum atomic E-state index is -1.28. The van der Waals surface area contributed by atoms with Crippen molar-refractivity contribution in [2.75, 3.05) is 0 Å². The van der Waals surface area contributed by atoms with Gasteiger partial charge in [0.25, 0.3) is 0 Å². The summed E-state index contributed by atoms with van der Waals surface area (Å²) in [5.41, 5.74) is -2.97. The summed E-state index contributed by atoms with van der Waals surface area (Å²) in [5, 5.41) is 8.71. The molecule has 3 aromatic carbocycles. The first kappa shape index (κ1) is 23.7. The van der Waals surface area contributed by atoms with E-state index in [1.54, 1.807) is 6.92 Å². The number of hydrogen-bond donors (Lipinski definition) is 0. The molecule has 168 valence electrons. The van der Waals surface area contributed by atoms with Crippen LogP contribution in [0.15, 0.2) is 36.4 Å². The van der Waals surface area contributed by atoms with Gasteiger partial charge in [-0.2, -0.15) is 5.26 Å². The first-order chi connectivity index (χ1) is 15.6. The Hall–Kier alpha value is -3.91. The first-order valence-corrected chi connectivity index (χ1v) is 9.70. The molecule has 0 fully saturated rings. The second-order valence-electron chi connectivity index (χ2n) is 7.09. The summed E-state index contributed by atoms with van der Waals surface area (Å²) in [6, 6.07) is 6.00. The molecule has 1 atom stereocenters. The highest BCUT2D eigenvalue weighted by Gasteiger charge is 2.18. The minimum absolute atomic E-state index is 0.0202. The highest BCUT2D eigenvalue weighted by Crippen LogP contribution is 2.30. The predicted molar refractivity (Wildman–Crippen MR) is 109 cm³/mol. The van der Waals surface area contributed by atoms with Crippen molar-refractivity contribution in [3.8, 4) is 34.8 Å². The molecule has 0 radical (unpaired) electrons. The molecule has 33 heavy (non-hydrogen) atoms. The van der Waals surface area contributed by atoms with Crippen LogP contribution in [-0.4, -0.2) is 6.10 Å². The van der Waals surface area contributed by atoms with E-state index in [4.69, 9.17) is 10.00 Å². The number of rotatable bonds is 4. The summed E-state index contributed by atoms with van der Waals surface area (Å²) in [4.78, 5) is 0. The van der Waals surface area contributed by atoms with E-state index in [2.05, 4.69) is 11.8 Å². The third-order valence-corrected chi connectivity index (χ3v) is 4.74. The van der Waals surface area contributed by atoms with E-state index in [1.807, 2.05) is 6.92 Å². The minimum Gasteiger partial charge on any atom is -0.491 e. The SMILES string of the molecule is CC[C@@H](C)Oc1cc(F)c(C#Cc2cc(F)c(-c3cc(F)c(C#N)c(F)c3)c(F)c2)c(F)c1. The molecule has 0 amide bonds. The summed E-state index contributed by atoms with van der Waals surface area (Å²) in [6.45, 7) is 3.58. The van der Waals surface area contributed by atoms with Gasteiger partial charge in [0, 0.05) is 17.7 Å². The van der Waals surface area contributed by atoms with Gasteiger partial charge in [0.15, 0.2) is 0 Å². The van der Waals surface area contributed by atoms with Crippen LogP contribution in [0.4, 0.5) is 26.3 Å². The second-order valence-corrected chi connectivity index (χ2v) is 7.09. The van der Waals surface area contributed by atoms with Crippen LogP contribution >= 0.6 is 0 Å². The van der Waals surface area contributed by atoms with Crippen LogP contribution in [0.3, 0.4) is 0 Å². The average Bonchev–Trinajstić information content (AvgIpc) is 2.72. The van der Waals surface area contributed by atoms with Crippen LogP contribution in [0.1, 0.15) is 37.0 Å². The summed E-state index contributed by atoms with van der Waals surface area (Å²) in [6.07, 6.45) is 0.364. The molecule has 0 saturated carbocycles. The zero-order valence-corrected chi connectivity index (χ0v) is 17.4. The van der Waals surface area contributed by atoms with Gasteiger partial charge in [-0.15, -0.1) is 0 Å². The molecule has 3 rings (SSSR count). The van der Waals surface area contributed by atoms with Crippen molar-refractivity contribution in [2.24, 2.45) is 0 Å². The largest absolute Gasteiger partial charge is 0.491 e. The van der Waals surface area contributed by atoms with Crippen LogP contribution in [0, 0.1) is 58.1 Å². The van der Waals surface area contributed by atoms with E-state index in [0.29, 0.717) is 18.6 Å². The van der Waals surface area contributed by atoms with Crippen LogP contribution in [0.25, 0.3) is 11.1 Å². The van der Waals surface area contributed by atoms with E-state index in [-0.39, 0.29) is 17.4 Å². The Morgan fingerprint density at radius 3 is 1.76 bits per heavy atom. The van der Waals surface area contributed by atoms with Crippen molar-refractivity contribution in [1.82, 2.24) is 0 Å². The van der Waals surface area contributed by atoms with Gasteiger partial charge >= 0.3 is 0 Å². The van der Waals surface area contributed by atoms with Gasteiger partial charge in [0.1, 0.15) is 52.3 Å². The lowest BCUT2D eigenvalue weighted by Gasteiger charge is -2.13. The lowest BCUT2D eigenvalue weighted by atomic mass is 10.00. The molecule has 0 heterocycles. The third kappa shape index (κ3) is 5.12. The summed E-state index contributed by atoms with van der Waals surface area (Å²) in [7, 11) is 0. The fourth-order valence-electron chi connectivity index (χ4n) is 2.93. The summed E-state index contributed by atoms with van der Waals surface area (Å²) in [5.74, 6) is -2.54. The summed E-state index contributed by atoms with van der Waals surface area (Å²) < 4.78 is 90.7. The Bertz CT molecular complexity index is 1260. The zero-order valence-electron chi connectivity index (χ0n) is 17.4. The molecule has 0 spiro atoms. The fourth-order valence-corrected chi connectivity index (χ4v) is 2.93. The molecule has 2 nitrogen and oxygen atoms in total. The molecule has 0 N–H and O–H groups in total. The molecule has 3 aromatic rings. The maximum Gasteiger partial charge on any atom is 0.145 e. The maximum absolute atomic E-state index is 14.6. The van der Waals surface area contributed by atoms with Crippen molar-refractivity contribution in [2.45, 2.75) is 26.4 Å². The smallest absolute Gasteiger partial charge is 0.145 e. The Morgan fingerprint density at radius 2 is 1.27 bits per heavy atom. The number of benzene rings is 3. The Kier molecular flexibility index (Phi) is 6.98. The molecular weight excluding hydrogens is 444 g/mol. The first-order valence-electron chi connectivity index (χ1n) is 9.70. The molecule has 0 aliphatic rings. The molecule has 0 aliphatic heterocycles. The topological polar surface area (TPSA) is 33.0 Å². The van der Waals surface area contributed by atoms with E-state index in [9.17, 15) is 26.3 Å². The number of hydrogen-bond acceptors (Lipinski definition) is 2. The maximum atomic E-state index is 14.6. The van der Waals surface area contributed by atoms with E-state index >= 15 is 0 Å². The average molecular weight is 459 g/mol. The fraction of sp³-hybridized carbons (Fsp3) is 0.160. The number of nitrogens with zero attached hydrogens (tertiary/aromatic N) is 1. The van der Waals surface area contributed by atoms with E-state index < -0.39 is 57.2 Å². The van der Waals surface area contributed by atoms with Crippen molar-refractivity contribution >= 4 is 0 Å². The lowest BCUT2D eigenvalue weighted by molar-refractivity contribution is 0.215. The van der Waals surface area contributed by atoms with Crippen LogP contribution in [0.5, 0.6) is 5.75 Å². The standard InChI is InChI=1S/C25H15F6NO/c1-3-13(2)33-16-10-21(28)17(22(29)11-16)5-4-14-6-23(30)25(24(31)7-14)15-8-19(26)18(12-32)20(27)9-15/h6-11,13H,3H2,1-2H3/t13-/m1/s1. The van der Waals surface area contributed by atoms with Gasteiger partial charge in [-0.25, -0.2) is 26.3 Å². The monoisotopic (exact) mass is 459 g/mol. The van der Waals surface area contributed by atoms with Crippen LogP contribution in [0.2, 0.25) is 0 Å². The quantitative estimate of drug-likeness (QED) is 0.324. The Labute approximate surface area is 186 Å². The molecule has 0 aliphatic carbocycles. The van der Waals surface area contributed by atoms with Gasteiger partial charge < -0.3 is 4.74 Å². The van der Waals surface area contributed by atoms with Crippen molar-refractivity contribution < 1.29 is 31.1 Å². The Morgan fingerprint density at radius 1 is 0.758 bits per heavy atom. The number of ether oxygens (including phenoxy) is 1. The highest BCUT2D eigenvalue weighted by atomic mass is 19.2. The van der Waals surface area contributed by atoms with Gasteiger partial charge in [0.05, 0.1) is 17.2 Å². The third-order valence-electron chi connectivity index (χ3n) is 4.74. The lowest BCUT2D eigenvalue weighted by Crippen LogP contribution is -2.10. The molecule has 0 saturated heterocycles. The van der Waals surface area contributed by atoms with E-state index in [1.165, 1.54) is 6.07 Å². The molecule has 0 bridgehead atoms. The summed E-state index contributed by atoms with van der Waals surface area (Å²) >= 11 is 0. The zero-order chi connectivity index (χ0) is 24.3. The molecule has 8 heteroatoms.